The number of para-hydroxylation sites is 1. The lowest BCUT2D eigenvalue weighted by molar-refractivity contribution is -0.153. The second kappa shape index (κ2) is 13.4. The molecule has 42 heavy (non-hydrogen) atoms. The summed E-state index contributed by atoms with van der Waals surface area (Å²) >= 11 is 0. The Bertz CT molecular complexity index is 1550. The number of amides is 1. The van der Waals surface area contributed by atoms with E-state index in [0.717, 1.165) is 5.56 Å². The molecule has 9 heteroatoms. The van der Waals surface area contributed by atoms with E-state index in [2.05, 4.69) is 5.32 Å². The lowest BCUT2D eigenvalue weighted by Gasteiger charge is -2.20. The molecule has 0 unspecified atom stereocenters. The van der Waals surface area contributed by atoms with E-state index in [0.29, 0.717) is 33.8 Å². The number of ketones is 1. The number of anilines is 1. The molecule has 1 amide bonds. The zero-order valence-corrected chi connectivity index (χ0v) is 23.3. The Morgan fingerprint density at radius 1 is 0.857 bits per heavy atom. The maximum atomic E-state index is 14.0. The van der Waals surface area contributed by atoms with Crippen molar-refractivity contribution >= 4 is 23.3 Å². The molecule has 0 radical (unpaired) electrons. The van der Waals surface area contributed by atoms with Gasteiger partial charge in [-0.05, 0) is 59.9 Å². The molecular weight excluding hydrogens is 539 g/mol. The number of aromatic nitrogens is 1. The van der Waals surface area contributed by atoms with Crippen LogP contribution in [-0.4, -0.2) is 49.8 Å². The highest BCUT2D eigenvalue weighted by molar-refractivity contribution is 6.34. The smallest absolute Gasteiger partial charge is 0.374 e. The monoisotopic (exact) mass is 572 g/mol. The number of carbonyl (C=O) groups is 3. The molecule has 8 nitrogen and oxygen atoms in total. The van der Waals surface area contributed by atoms with Gasteiger partial charge in [0.05, 0.1) is 17.4 Å². The summed E-state index contributed by atoms with van der Waals surface area (Å²) in [7, 11) is 0. The Hall–Kier alpha value is -4.60. The van der Waals surface area contributed by atoms with E-state index in [1.54, 1.807) is 24.3 Å². The number of aliphatic hydroxyl groups is 2. The van der Waals surface area contributed by atoms with Gasteiger partial charge >= 0.3 is 5.97 Å². The molecule has 3 aromatic carbocycles. The van der Waals surface area contributed by atoms with Crippen LogP contribution in [0.3, 0.4) is 0 Å². The van der Waals surface area contributed by atoms with E-state index < -0.39 is 36.2 Å². The van der Waals surface area contributed by atoms with Gasteiger partial charge in [0.1, 0.15) is 11.9 Å². The van der Waals surface area contributed by atoms with Crippen LogP contribution in [-0.2, 0) is 16.1 Å². The van der Waals surface area contributed by atoms with Crippen molar-refractivity contribution in [2.75, 3.05) is 5.32 Å². The average molecular weight is 573 g/mol. The lowest BCUT2D eigenvalue weighted by atomic mass is 9.94. The third kappa shape index (κ3) is 6.82. The summed E-state index contributed by atoms with van der Waals surface area (Å²) in [5.41, 5.74) is 4.39. The Morgan fingerprint density at radius 3 is 2.02 bits per heavy atom. The van der Waals surface area contributed by atoms with E-state index in [1.165, 1.54) is 12.1 Å². The number of nitrogens with one attached hydrogen (secondary N) is 1. The van der Waals surface area contributed by atoms with Crippen molar-refractivity contribution in [3.8, 4) is 22.4 Å². The number of carbonyl (C=O) groups excluding carboxylic acids is 2. The zero-order chi connectivity index (χ0) is 30.4. The molecule has 0 saturated carbocycles. The summed E-state index contributed by atoms with van der Waals surface area (Å²) in [6.07, 6.45) is -3.48. The van der Waals surface area contributed by atoms with Gasteiger partial charge in [0, 0.05) is 29.9 Å². The van der Waals surface area contributed by atoms with E-state index in [4.69, 9.17) is 5.11 Å². The van der Waals surface area contributed by atoms with Crippen LogP contribution in [0.25, 0.3) is 22.4 Å². The molecule has 4 aromatic rings. The van der Waals surface area contributed by atoms with E-state index in [9.17, 15) is 29.0 Å². The van der Waals surface area contributed by atoms with E-state index in [1.807, 2.05) is 66.9 Å². The summed E-state index contributed by atoms with van der Waals surface area (Å²) < 4.78 is 15.9. The first-order chi connectivity index (χ1) is 20.1. The molecule has 2 atom stereocenters. The van der Waals surface area contributed by atoms with Gasteiger partial charge < -0.3 is 25.2 Å². The van der Waals surface area contributed by atoms with Gasteiger partial charge in [-0.15, -0.1) is 0 Å². The number of Topliss-reactive ketones (excluding diaryl/α,β-unsaturated/α-hetero) is 1. The predicted molar refractivity (Wildman–Crippen MR) is 158 cm³/mol. The first kappa shape index (κ1) is 30.4. The minimum absolute atomic E-state index is 0.0422. The van der Waals surface area contributed by atoms with Crippen LogP contribution in [0.2, 0.25) is 0 Å². The van der Waals surface area contributed by atoms with Crippen molar-refractivity contribution < 1.29 is 34.1 Å². The molecule has 1 aromatic heterocycles. The van der Waals surface area contributed by atoms with Crippen LogP contribution in [0.1, 0.15) is 48.7 Å². The van der Waals surface area contributed by atoms with Crippen molar-refractivity contribution in [2.45, 2.75) is 51.4 Å². The van der Waals surface area contributed by atoms with Gasteiger partial charge in [-0.1, -0.05) is 62.4 Å². The van der Waals surface area contributed by atoms with Crippen LogP contribution in [0.5, 0.6) is 0 Å². The number of carboxylic acid groups (broad SMARTS) is 1. The fraction of sp³-hybridized carbons (Fsp3) is 0.242. The predicted octanol–water partition coefficient (Wildman–Crippen LogP) is 5.49. The van der Waals surface area contributed by atoms with Crippen molar-refractivity contribution in [2.24, 2.45) is 0 Å². The summed E-state index contributed by atoms with van der Waals surface area (Å²) in [6, 6.07) is 24.3. The second-order valence-corrected chi connectivity index (χ2v) is 10.3. The number of hydrogen-bond acceptors (Lipinski definition) is 5. The van der Waals surface area contributed by atoms with Gasteiger partial charge in [-0.25, -0.2) is 9.18 Å². The average Bonchev–Trinajstić information content (AvgIpc) is 3.32. The maximum Gasteiger partial charge on any atom is 0.374 e. The van der Waals surface area contributed by atoms with E-state index in [-0.39, 0.29) is 24.8 Å². The van der Waals surface area contributed by atoms with Crippen molar-refractivity contribution in [1.82, 2.24) is 4.57 Å². The van der Waals surface area contributed by atoms with Crippen LogP contribution in [0.15, 0.2) is 84.9 Å². The summed E-state index contributed by atoms with van der Waals surface area (Å²) in [4.78, 5) is 36.7. The van der Waals surface area contributed by atoms with Crippen molar-refractivity contribution in [3.05, 3.63) is 102 Å². The molecule has 0 bridgehead atoms. The SMILES string of the molecule is CC(C)c1c(C(=O)Nc2ccccc2)c(-c2ccccc2)c(-c2ccc(F)cc2)n1CC[C@@H](O)C[C@@H](O)C(=O)C(=O)O. The highest BCUT2D eigenvalue weighted by Crippen LogP contribution is 2.42. The number of hydrogen-bond donors (Lipinski definition) is 4. The molecule has 0 fully saturated rings. The molecule has 0 aliphatic heterocycles. The Kier molecular flexibility index (Phi) is 9.67. The fourth-order valence-electron chi connectivity index (χ4n) is 5.11. The highest BCUT2D eigenvalue weighted by atomic mass is 19.1. The van der Waals surface area contributed by atoms with Gasteiger partial charge in [-0.3, -0.25) is 9.59 Å². The topological polar surface area (TPSA) is 129 Å². The lowest BCUT2D eigenvalue weighted by Crippen LogP contribution is -2.32. The maximum absolute atomic E-state index is 14.0. The number of aliphatic hydroxyl groups excluding tert-OH is 2. The number of carboxylic acids is 1. The Morgan fingerprint density at radius 2 is 1.45 bits per heavy atom. The molecule has 0 aliphatic rings. The number of aliphatic carboxylic acids is 1. The number of rotatable bonds is 12. The van der Waals surface area contributed by atoms with E-state index >= 15 is 0 Å². The van der Waals surface area contributed by atoms with Crippen LogP contribution < -0.4 is 5.32 Å². The minimum Gasteiger partial charge on any atom is -0.475 e. The molecular formula is C33H33FN2O6. The second-order valence-electron chi connectivity index (χ2n) is 10.3. The quantitative estimate of drug-likeness (QED) is 0.166. The van der Waals surface area contributed by atoms with Crippen LogP contribution >= 0.6 is 0 Å². The summed E-state index contributed by atoms with van der Waals surface area (Å²) in [5, 5.41) is 32.6. The minimum atomic E-state index is -1.85. The third-order valence-corrected chi connectivity index (χ3v) is 6.98. The first-order valence-electron chi connectivity index (χ1n) is 13.7. The van der Waals surface area contributed by atoms with Crippen molar-refractivity contribution in [3.63, 3.8) is 0 Å². The van der Waals surface area contributed by atoms with Crippen LogP contribution in [0.4, 0.5) is 10.1 Å². The third-order valence-electron chi connectivity index (χ3n) is 6.98. The molecule has 0 aliphatic carbocycles. The van der Waals surface area contributed by atoms with Gasteiger partial charge in [-0.2, -0.15) is 0 Å². The standard InChI is InChI=1S/C33H33FN2O6/c1-20(2)29-28(32(40)35-24-11-7-4-8-12-24)27(21-9-5-3-6-10-21)30(22-13-15-23(34)16-14-22)36(29)18-17-25(37)19-26(38)31(39)33(41)42/h3-16,20,25-26,37-38H,17-19H2,1-2H3,(H,35,40)(H,41,42)/t25-,26-/m1/s1. The van der Waals surface area contributed by atoms with Gasteiger partial charge in [0.25, 0.3) is 11.7 Å². The van der Waals surface area contributed by atoms with Crippen molar-refractivity contribution in [1.29, 1.82) is 0 Å². The number of nitrogens with zero attached hydrogens (tertiary/aromatic N) is 1. The fourth-order valence-corrected chi connectivity index (χ4v) is 5.11. The first-order valence-corrected chi connectivity index (χ1v) is 13.7. The largest absolute Gasteiger partial charge is 0.475 e. The molecule has 4 N–H and O–H groups in total. The molecule has 4 rings (SSSR count). The summed E-state index contributed by atoms with van der Waals surface area (Å²) in [5.74, 6) is -4.10. The Labute approximate surface area is 243 Å². The molecule has 0 saturated heterocycles. The van der Waals surface area contributed by atoms with Gasteiger partial charge in [0.2, 0.25) is 0 Å². The molecule has 218 valence electrons. The summed E-state index contributed by atoms with van der Waals surface area (Å²) in [6.45, 7) is 4.05. The highest BCUT2D eigenvalue weighted by Gasteiger charge is 2.31. The number of halogens is 1. The Balaban J connectivity index is 1.89. The van der Waals surface area contributed by atoms with Gasteiger partial charge in [0.15, 0.2) is 0 Å². The molecule has 0 spiro atoms. The number of benzene rings is 3. The molecule has 1 heterocycles. The normalized spacial score (nSPS) is 12.6. The zero-order valence-electron chi connectivity index (χ0n) is 23.3. The van der Waals surface area contributed by atoms with Crippen LogP contribution in [0, 0.1) is 5.82 Å².